The molecule has 0 saturated heterocycles. The molecule has 0 aliphatic rings. The Balaban J connectivity index is 2.82. The number of aliphatic hydroxyl groups is 1. The van der Waals surface area contributed by atoms with Crippen LogP contribution in [0.25, 0.3) is 0 Å². The van der Waals surface area contributed by atoms with Crippen molar-refractivity contribution >= 4 is 0 Å². The normalized spacial score (nSPS) is 14.1. The minimum absolute atomic E-state index is 0.00283. The molecule has 1 aromatic carbocycles. The summed E-state index contributed by atoms with van der Waals surface area (Å²) < 4.78 is 10.4. The number of hydrogen-bond donors (Lipinski definition) is 2. The number of methoxy groups -OCH3 is 2. The van der Waals surface area contributed by atoms with Crippen LogP contribution in [-0.4, -0.2) is 31.9 Å². The van der Waals surface area contributed by atoms with E-state index in [1.165, 1.54) is 0 Å². The predicted molar refractivity (Wildman–Crippen MR) is 72.3 cm³/mol. The quantitative estimate of drug-likeness (QED) is 0.781. The molecule has 18 heavy (non-hydrogen) atoms. The summed E-state index contributed by atoms with van der Waals surface area (Å²) in [5.74, 6) is 1.30. The Morgan fingerprint density at radius 1 is 1.22 bits per heavy atom. The van der Waals surface area contributed by atoms with Gasteiger partial charge < -0.3 is 19.9 Å². The molecule has 0 amide bonds. The zero-order valence-electron chi connectivity index (χ0n) is 11.6. The van der Waals surface area contributed by atoms with Crippen LogP contribution in [0.2, 0.25) is 0 Å². The van der Waals surface area contributed by atoms with Gasteiger partial charge in [-0.2, -0.15) is 0 Å². The van der Waals surface area contributed by atoms with E-state index in [-0.39, 0.29) is 6.04 Å². The standard InChI is InChI=1S/C14H23NO3/c1-5-8-15-10(2)14(16)11-6-7-12(17-3)13(9-11)18-4/h6-7,9-10,14-16H,5,8H2,1-4H3. The number of benzene rings is 1. The maximum absolute atomic E-state index is 10.2. The van der Waals surface area contributed by atoms with E-state index in [4.69, 9.17) is 9.47 Å². The molecule has 0 spiro atoms. The highest BCUT2D eigenvalue weighted by Gasteiger charge is 2.17. The topological polar surface area (TPSA) is 50.7 Å². The van der Waals surface area contributed by atoms with Gasteiger partial charge in [-0.25, -0.2) is 0 Å². The summed E-state index contributed by atoms with van der Waals surface area (Å²) in [7, 11) is 3.19. The van der Waals surface area contributed by atoms with Crippen LogP contribution < -0.4 is 14.8 Å². The van der Waals surface area contributed by atoms with Gasteiger partial charge in [-0.3, -0.25) is 0 Å². The number of rotatable bonds is 7. The summed E-state index contributed by atoms with van der Waals surface area (Å²) in [5.41, 5.74) is 0.823. The molecule has 2 unspecified atom stereocenters. The summed E-state index contributed by atoms with van der Waals surface area (Å²) in [6.45, 7) is 4.96. The molecule has 1 aromatic rings. The number of nitrogens with one attached hydrogen (secondary N) is 1. The van der Waals surface area contributed by atoms with E-state index in [0.29, 0.717) is 11.5 Å². The van der Waals surface area contributed by atoms with Crippen LogP contribution in [0.15, 0.2) is 18.2 Å². The highest BCUT2D eigenvalue weighted by molar-refractivity contribution is 5.43. The molecule has 0 aromatic heterocycles. The summed E-state index contributed by atoms with van der Waals surface area (Å²) in [5, 5.41) is 13.5. The number of hydrogen-bond acceptors (Lipinski definition) is 4. The average molecular weight is 253 g/mol. The largest absolute Gasteiger partial charge is 0.493 e. The van der Waals surface area contributed by atoms with Crippen molar-refractivity contribution in [2.45, 2.75) is 32.4 Å². The number of aliphatic hydroxyl groups excluding tert-OH is 1. The maximum Gasteiger partial charge on any atom is 0.161 e. The van der Waals surface area contributed by atoms with Crippen LogP contribution >= 0.6 is 0 Å². The van der Waals surface area contributed by atoms with Crippen molar-refractivity contribution in [3.63, 3.8) is 0 Å². The van der Waals surface area contributed by atoms with Crippen molar-refractivity contribution < 1.29 is 14.6 Å². The first-order valence-corrected chi connectivity index (χ1v) is 6.27. The predicted octanol–water partition coefficient (Wildman–Crippen LogP) is 2.13. The van der Waals surface area contributed by atoms with Crippen LogP contribution in [0.5, 0.6) is 11.5 Å². The molecule has 0 bridgehead atoms. The lowest BCUT2D eigenvalue weighted by Gasteiger charge is -2.21. The molecule has 102 valence electrons. The second kappa shape index (κ2) is 7.24. The molecule has 4 heteroatoms. The highest BCUT2D eigenvalue weighted by atomic mass is 16.5. The SMILES string of the molecule is CCCNC(C)C(O)c1ccc(OC)c(OC)c1. The Labute approximate surface area is 109 Å². The minimum Gasteiger partial charge on any atom is -0.493 e. The van der Waals surface area contributed by atoms with Gasteiger partial charge in [0.05, 0.1) is 20.3 Å². The second-order valence-corrected chi connectivity index (χ2v) is 4.30. The van der Waals surface area contributed by atoms with E-state index in [1.54, 1.807) is 14.2 Å². The minimum atomic E-state index is -0.559. The van der Waals surface area contributed by atoms with Crippen LogP contribution in [0.1, 0.15) is 31.9 Å². The van der Waals surface area contributed by atoms with Gasteiger partial charge in [0, 0.05) is 6.04 Å². The van der Waals surface area contributed by atoms with E-state index in [2.05, 4.69) is 12.2 Å². The van der Waals surface area contributed by atoms with E-state index < -0.39 is 6.10 Å². The van der Waals surface area contributed by atoms with Crippen molar-refractivity contribution in [1.29, 1.82) is 0 Å². The van der Waals surface area contributed by atoms with Crippen LogP contribution in [0.4, 0.5) is 0 Å². The van der Waals surface area contributed by atoms with E-state index >= 15 is 0 Å². The average Bonchev–Trinajstić information content (AvgIpc) is 2.42. The molecule has 4 nitrogen and oxygen atoms in total. The fraction of sp³-hybridized carbons (Fsp3) is 0.571. The van der Waals surface area contributed by atoms with Crippen molar-refractivity contribution in [3.8, 4) is 11.5 Å². The van der Waals surface area contributed by atoms with Gasteiger partial charge in [0.25, 0.3) is 0 Å². The third-order valence-electron chi connectivity index (χ3n) is 2.94. The van der Waals surface area contributed by atoms with Crippen LogP contribution in [0.3, 0.4) is 0 Å². The zero-order valence-corrected chi connectivity index (χ0v) is 11.6. The molecule has 0 heterocycles. The molecular weight excluding hydrogens is 230 g/mol. The molecule has 0 radical (unpaired) electrons. The second-order valence-electron chi connectivity index (χ2n) is 4.30. The maximum atomic E-state index is 10.2. The molecule has 0 aliphatic heterocycles. The molecule has 1 rings (SSSR count). The lowest BCUT2D eigenvalue weighted by atomic mass is 10.0. The summed E-state index contributed by atoms with van der Waals surface area (Å²) in [4.78, 5) is 0. The van der Waals surface area contributed by atoms with Crippen molar-refractivity contribution in [2.24, 2.45) is 0 Å². The van der Waals surface area contributed by atoms with Crippen molar-refractivity contribution in [3.05, 3.63) is 23.8 Å². The monoisotopic (exact) mass is 253 g/mol. The first-order chi connectivity index (χ1) is 8.63. The van der Waals surface area contributed by atoms with Crippen molar-refractivity contribution in [1.82, 2.24) is 5.32 Å². The van der Waals surface area contributed by atoms with Crippen molar-refractivity contribution in [2.75, 3.05) is 20.8 Å². The van der Waals surface area contributed by atoms with Gasteiger partial charge in [0.1, 0.15) is 0 Å². The van der Waals surface area contributed by atoms with Gasteiger partial charge in [-0.1, -0.05) is 13.0 Å². The van der Waals surface area contributed by atoms with E-state index in [1.807, 2.05) is 25.1 Å². The first kappa shape index (κ1) is 14.8. The van der Waals surface area contributed by atoms with Gasteiger partial charge in [0.15, 0.2) is 11.5 Å². The fourth-order valence-corrected chi connectivity index (χ4v) is 1.81. The Morgan fingerprint density at radius 3 is 2.44 bits per heavy atom. The fourth-order valence-electron chi connectivity index (χ4n) is 1.81. The summed E-state index contributed by atoms with van der Waals surface area (Å²) in [6.07, 6.45) is 0.486. The molecule has 0 saturated carbocycles. The lowest BCUT2D eigenvalue weighted by molar-refractivity contribution is 0.136. The van der Waals surface area contributed by atoms with E-state index in [0.717, 1.165) is 18.5 Å². The summed E-state index contributed by atoms with van der Waals surface area (Å²) in [6, 6.07) is 5.48. The van der Waals surface area contributed by atoms with Gasteiger partial charge in [-0.15, -0.1) is 0 Å². The Morgan fingerprint density at radius 2 is 1.89 bits per heavy atom. The van der Waals surface area contributed by atoms with Crippen LogP contribution in [-0.2, 0) is 0 Å². The first-order valence-electron chi connectivity index (χ1n) is 6.27. The zero-order chi connectivity index (χ0) is 13.5. The van der Waals surface area contributed by atoms with Crippen LogP contribution in [0, 0.1) is 0 Å². The van der Waals surface area contributed by atoms with Gasteiger partial charge >= 0.3 is 0 Å². The Bertz CT molecular complexity index is 368. The highest BCUT2D eigenvalue weighted by Crippen LogP contribution is 2.30. The van der Waals surface area contributed by atoms with E-state index in [9.17, 15) is 5.11 Å². The van der Waals surface area contributed by atoms with Gasteiger partial charge in [-0.05, 0) is 37.6 Å². The molecule has 0 fully saturated rings. The third-order valence-corrected chi connectivity index (χ3v) is 2.94. The number of ether oxygens (including phenoxy) is 2. The lowest BCUT2D eigenvalue weighted by Crippen LogP contribution is -2.32. The Hall–Kier alpha value is -1.26. The molecule has 2 N–H and O–H groups in total. The molecule has 2 atom stereocenters. The van der Waals surface area contributed by atoms with Gasteiger partial charge in [0.2, 0.25) is 0 Å². The summed E-state index contributed by atoms with van der Waals surface area (Å²) >= 11 is 0. The third kappa shape index (κ3) is 3.62. The Kier molecular flexibility index (Phi) is 5.95. The molecular formula is C14H23NO3. The molecule has 0 aliphatic carbocycles. The smallest absolute Gasteiger partial charge is 0.161 e.